The van der Waals surface area contributed by atoms with E-state index in [0.29, 0.717) is 16.8 Å². The van der Waals surface area contributed by atoms with E-state index in [1.807, 2.05) is 30.3 Å². The molecule has 0 saturated carbocycles. The number of rotatable bonds is 7. The summed E-state index contributed by atoms with van der Waals surface area (Å²) in [6.45, 7) is 2.93. The Bertz CT molecular complexity index is 888. The quantitative estimate of drug-likeness (QED) is 0.595. The zero-order valence-corrected chi connectivity index (χ0v) is 15.2. The summed E-state index contributed by atoms with van der Waals surface area (Å²) in [5.74, 6) is 1.56. The van der Waals surface area contributed by atoms with Crippen LogP contribution in [0.4, 0.5) is 17.5 Å². The molecule has 0 saturated heterocycles. The molecule has 0 amide bonds. The second-order valence-corrected chi connectivity index (χ2v) is 6.97. The van der Waals surface area contributed by atoms with Crippen LogP contribution in [0, 0.1) is 0 Å². The van der Waals surface area contributed by atoms with Gasteiger partial charge < -0.3 is 10.6 Å². The molecule has 6 nitrogen and oxygen atoms in total. The molecule has 1 heterocycles. The molecule has 134 valence electrons. The lowest BCUT2D eigenvalue weighted by Crippen LogP contribution is -2.11. The maximum atomic E-state index is 11.4. The van der Waals surface area contributed by atoms with Crippen molar-refractivity contribution >= 4 is 28.4 Å². The summed E-state index contributed by atoms with van der Waals surface area (Å²) < 4.78 is 11.4. The average Bonchev–Trinajstić information content (AvgIpc) is 2.67. The van der Waals surface area contributed by atoms with Crippen LogP contribution >= 0.6 is 0 Å². The van der Waals surface area contributed by atoms with Crippen molar-refractivity contribution in [3.05, 3.63) is 72.4 Å². The first-order valence-corrected chi connectivity index (χ1v) is 9.48. The Hall–Kier alpha value is -2.77. The molecule has 2 atom stereocenters. The molecule has 3 aromatic rings. The third-order valence-electron chi connectivity index (χ3n) is 3.94. The van der Waals surface area contributed by atoms with Crippen LogP contribution < -0.4 is 15.8 Å². The Morgan fingerprint density at radius 3 is 2.69 bits per heavy atom. The van der Waals surface area contributed by atoms with Crippen LogP contribution in [0.5, 0.6) is 0 Å². The highest BCUT2D eigenvalue weighted by molar-refractivity contribution is 7.82. The van der Waals surface area contributed by atoms with Gasteiger partial charge in [0.2, 0.25) is 5.95 Å². The molecule has 1 aromatic heterocycles. The fraction of sp³-hybridized carbons (Fsp3) is 0.158. The van der Waals surface area contributed by atoms with Gasteiger partial charge in [0.1, 0.15) is 16.8 Å². The van der Waals surface area contributed by atoms with E-state index in [9.17, 15) is 4.21 Å². The molecule has 0 spiro atoms. The fourth-order valence-electron chi connectivity index (χ4n) is 2.50. The molecule has 7 heteroatoms. The van der Waals surface area contributed by atoms with E-state index in [2.05, 4.69) is 39.7 Å². The van der Waals surface area contributed by atoms with Gasteiger partial charge in [-0.05, 0) is 35.7 Å². The Kier molecular flexibility index (Phi) is 5.93. The van der Waals surface area contributed by atoms with Crippen LogP contribution in [0.3, 0.4) is 0 Å². The minimum absolute atomic E-state index is 0.360. The second-order valence-electron chi connectivity index (χ2n) is 5.91. The predicted octanol–water partition coefficient (Wildman–Crippen LogP) is 3.42. The smallest absolute Gasteiger partial charge is 0.229 e. The van der Waals surface area contributed by atoms with Crippen LogP contribution in [-0.4, -0.2) is 20.7 Å². The van der Waals surface area contributed by atoms with Crippen molar-refractivity contribution in [3.63, 3.8) is 0 Å². The maximum Gasteiger partial charge on any atom is 0.229 e. The van der Waals surface area contributed by atoms with Gasteiger partial charge in [-0.2, -0.15) is 4.98 Å². The van der Waals surface area contributed by atoms with Gasteiger partial charge in [-0.1, -0.05) is 43.3 Å². The summed E-state index contributed by atoms with van der Waals surface area (Å²) in [6, 6.07) is 19.2. The van der Waals surface area contributed by atoms with Crippen molar-refractivity contribution in [1.29, 1.82) is 0 Å². The molecule has 2 unspecified atom stereocenters. The third-order valence-corrected chi connectivity index (χ3v) is 4.65. The topological polar surface area (TPSA) is 92.9 Å². The van der Waals surface area contributed by atoms with Gasteiger partial charge in [0.05, 0.1) is 4.90 Å². The van der Waals surface area contributed by atoms with Crippen molar-refractivity contribution in [2.45, 2.75) is 17.7 Å². The van der Waals surface area contributed by atoms with Crippen molar-refractivity contribution < 1.29 is 4.21 Å². The van der Waals surface area contributed by atoms with Gasteiger partial charge in [-0.3, -0.25) is 0 Å². The Labute approximate surface area is 155 Å². The van der Waals surface area contributed by atoms with Gasteiger partial charge in [0.25, 0.3) is 0 Å². The van der Waals surface area contributed by atoms with Crippen LogP contribution in [0.2, 0.25) is 0 Å². The highest BCUT2D eigenvalue weighted by atomic mass is 32.2. The van der Waals surface area contributed by atoms with Crippen molar-refractivity contribution in [3.8, 4) is 0 Å². The standard InChI is InChI=1S/C19H21N5OS/c1-14(15-6-3-2-4-7-15)13-22-18-10-11-21-19(24-18)23-16-8-5-9-17(12-16)26(20)25/h2-12,14H,13,20H2,1H3,(H2,21,22,23,24). The molecule has 0 aliphatic carbocycles. The minimum atomic E-state index is -1.52. The summed E-state index contributed by atoms with van der Waals surface area (Å²) in [6.07, 6.45) is 1.69. The second kappa shape index (κ2) is 8.55. The van der Waals surface area contributed by atoms with Gasteiger partial charge in [-0.25, -0.2) is 14.3 Å². The Balaban J connectivity index is 1.65. The SMILES string of the molecule is CC(CNc1ccnc(Nc2cccc(S(N)=O)c2)n1)c1ccccc1. The molecule has 3 rings (SSSR count). The lowest BCUT2D eigenvalue weighted by molar-refractivity contribution is 0.684. The normalized spacial score (nSPS) is 13.0. The number of benzene rings is 2. The predicted molar refractivity (Wildman–Crippen MR) is 106 cm³/mol. The number of nitrogens with zero attached hydrogens (tertiary/aromatic N) is 2. The molecule has 4 N–H and O–H groups in total. The van der Waals surface area contributed by atoms with E-state index in [1.165, 1.54) is 5.56 Å². The van der Waals surface area contributed by atoms with E-state index >= 15 is 0 Å². The molecular formula is C19H21N5OS. The molecule has 26 heavy (non-hydrogen) atoms. The molecule has 0 fully saturated rings. The minimum Gasteiger partial charge on any atom is -0.369 e. The van der Waals surface area contributed by atoms with Crippen molar-refractivity contribution in [2.24, 2.45) is 5.14 Å². The van der Waals surface area contributed by atoms with E-state index in [4.69, 9.17) is 5.14 Å². The van der Waals surface area contributed by atoms with Gasteiger partial charge >= 0.3 is 0 Å². The highest BCUT2D eigenvalue weighted by Crippen LogP contribution is 2.18. The first-order chi connectivity index (χ1) is 12.6. The van der Waals surface area contributed by atoms with Crippen LogP contribution in [0.1, 0.15) is 18.4 Å². The third kappa shape index (κ3) is 4.87. The highest BCUT2D eigenvalue weighted by Gasteiger charge is 2.06. The number of hydrogen-bond acceptors (Lipinski definition) is 5. The number of anilines is 3. The number of aromatic nitrogens is 2. The molecule has 2 aromatic carbocycles. The number of hydrogen-bond donors (Lipinski definition) is 3. The summed E-state index contributed by atoms with van der Waals surface area (Å²) >= 11 is 0. The van der Waals surface area contributed by atoms with Gasteiger partial charge in [-0.15, -0.1) is 0 Å². The fourth-order valence-corrected chi connectivity index (χ4v) is 2.96. The van der Waals surface area contributed by atoms with E-state index < -0.39 is 11.0 Å². The molecular weight excluding hydrogens is 346 g/mol. The molecule has 0 radical (unpaired) electrons. The van der Waals surface area contributed by atoms with E-state index in [-0.39, 0.29) is 0 Å². The van der Waals surface area contributed by atoms with E-state index in [1.54, 1.807) is 24.4 Å². The lowest BCUT2D eigenvalue weighted by atomic mass is 10.0. The first-order valence-electron chi connectivity index (χ1n) is 8.27. The average molecular weight is 367 g/mol. The van der Waals surface area contributed by atoms with E-state index in [0.717, 1.165) is 18.1 Å². The zero-order chi connectivity index (χ0) is 18.4. The largest absolute Gasteiger partial charge is 0.369 e. The molecule has 0 aliphatic rings. The number of nitrogens with two attached hydrogens (primary N) is 1. The first kappa shape index (κ1) is 18.0. The molecule has 0 aliphatic heterocycles. The van der Waals surface area contributed by atoms with Crippen LogP contribution in [-0.2, 0) is 11.0 Å². The van der Waals surface area contributed by atoms with Crippen LogP contribution in [0.25, 0.3) is 0 Å². The van der Waals surface area contributed by atoms with Gasteiger partial charge in [0, 0.05) is 18.4 Å². The summed E-state index contributed by atoms with van der Waals surface area (Å²) in [7, 11) is -1.52. The summed E-state index contributed by atoms with van der Waals surface area (Å²) in [5.41, 5.74) is 2.01. The maximum absolute atomic E-state index is 11.4. The lowest BCUT2D eigenvalue weighted by Gasteiger charge is -2.14. The van der Waals surface area contributed by atoms with Crippen molar-refractivity contribution in [2.75, 3.05) is 17.2 Å². The zero-order valence-electron chi connectivity index (χ0n) is 14.4. The Morgan fingerprint density at radius 2 is 1.92 bits per heavy atom. The number of nitrogens with one attached hydrogen (secondary N) is 2. The van der Waals surface area contributed by atoms with Crippen LogP contribution in [0.15, 0.2) is 71.8 Å². The summed E-state index contributed by atoms with van der Waals surface area (Å²) in [5, 5.41) is 11.9. The monoisotopic (exact) mass is 367 g/mol. The van der Waals surface area contributed by atoms with Gasteiger partial charge in [0.15, 0.2) is 0 Å². The van der Waals surface area contributed by atoms with Crippen molar-refractivity contribution in [1.82, 2.24) is 9.97 Å². The summed E-state index contributed by atoms with van der Waals surface area (Å²) in [4.78, 5) is 9.24. The molecule has 0 bridgehead atoms. The Morgan fingerprint density at radius 1 is 1.12 bits per heavy atom.